The highest BCUT2D eigenvalue weighted by molar-refractivity contribution is 5.94. The fourth-order valence-corrected chi connectivity index (χ4v) is 4.26. The molecule has 0 saturated heterocycles. The van der Waals surface area contributed by atoms with Crippen LogP contribution in [-0.2, 0) is 4.74 Å². The maximum Gasteiger partial charge on any atom is 0.251 e. The summed E-state index contributed by atoms with van der Waals surface area (Å²) in [6.07, 6.45) is 14.1. The molecule has 1 saturated carbocycles. The molecule has 0 aliphatic heterocycles. The zero-order chi connectivity index (χ0) is 21.4. The number of nitrogens with one attached hydrogen (secondary N) is 1. The van der Waals surface area contributed by atoms with Crippen molar-refractivity contribution in [2.45, 2.75) is 83.7 Å². The molecule has 1 amide bonds. The maximum atomic E-state index is 12.2. The van der Waals surface area contributed by atoms with Crippen LogP contribution in [0.25, 0.3) is 0 Å². The van der Waals surface area contributed by atoms with Gasteiger partial charge in [0.2, 0.25) is 0 Å². The Kier molecular flexibility index (Phi) is 12.8. The predicted molar refractivity (Wildman–Crippen MR) is 126 cm³/mol. The number of nitrogens with zero attached hydrogens (tertiary/aromatic N) is 1. The average Bonchev–Trinajstić information content (AvgIpc) is 2.78. The molecule has 30 heavy (non-hydrogen) atoms. The van der Waals surface area contributed by atoms with Gasteiger partial charge in [-0.15, -0.1) is 0 Å². The highest BCUT2D eigenvalue weighted by atomic mass is 16.5. The Bertz CT molecular complexity index is 555. The van der Waals surface area contributed by atoms with Crippen molar-refractivity contribution < 1.29 is 9.53 Å². The number of carbonyl (C=O) groups excluding carboxylic acids is 1. The number of hydrogen-bond acceptors (Lipinski definition) is 3. The molecule has 0 bridgehead atoms. The number of hydrogen-bond donors (Lipinski definition) is 1. The second-order valence-electron chi connectivity index (χ2n) is 9.01. The molecule has 0 spiro atoms. The van der Waals surface area contributed by atoms with Crippen LogP contribution in [-0.4, -0.2) is 50.2 Å². The van der Waals surface area contributed by atoms with Crippen LogP contribution in [0, 0.1) is 5.92 Å². The van der Waals surface area contributed by atoms with Crippen molar-refractivity contribution >= 4 is 5.91 Å². The Morgan fingerprint density at radius 3 is 2.33 bits per heavy atom. The molecule has 0 radical (unpaired) electrons. The van der Waals surface area contributed by atoms with E-state index >= 15 is 0 Å². The first-order valence-electron chi connectivity index (χ1n) is 12.3. The van der Waals surface area contributed by atoms with E-state index in [9.17, 15) is 4.79 Å². The second-order valence-corrected chi connectivity index (χ2v) is 9.01. The van der Waals surface area contributed by atoms with Crippen molar-refractivity contribution in [1.82, 2.24) is 10.2 Å². The Balaban J connectivity index is 1.43. The van der Waals surface area contributed by atoms with Gasteiger partial charge in [0.1, 0.15) is 0 Å². The molecule has 1 N–H and O–H groups in total. The summed E-state index contributed by atoms with van der Waals surface area (Å²) >= 11 is 0. The van der Waals surface area contributed by atoms with Gasteiger partial charge in [-0.3, -0.25) is 4.79 Å². The number of unbranched alkanes of at least 4 members (excludes halogenated alkanes) is 5. The summed E-state index contributed by atoms with van der Waals surface area (Å²) < 4.78 is 6.12. The van der Waals surface area contributed by atoms with E-state index in [1.807, 2.05) is 30.3 Å². The van der Waals surface area contributed by atoms with Crippen molar-refractivity contribution in [3.05, 3.63) is 35.9 Å². The van der Waals surface area contributed by atoms with Gasteiger partial charge in [-0.1, -0.05) is 50.8 Å². The van der Waals surface area contributed by atoms with Crippen molar-refractivity contribution in [2.24, 2.45) is 5.92 Å². The van der Waals surface area contributed by atoms with Crippen LogP contribution in [0.3, 0.4) is 0 Å². The average molecular weight is 417 g/mol. The minimum Gasteiger partial charge on any atom is -0.378 e. The van der Waals surface area contributed by atoms with Crippen LogP contribution in [0.15, 0.2) is 30.3 Å². The summed E-state index contributed by atoms with van der Waals surface area (Å²) in [5.74, 6) is 0.632. The van der Waals surface area contributed by atoms with Crippen molar-refractivity contribution in [1.29, 1.82) is 0 Å². The summed E-state index contributed by atoms with van der Waals surface area (Å²) in [4.78, 5) is 14.6. The van der Waals surface area contributed by atoms with Crippen LogP contribution in [0.5, 0.6) is 0 Å². The molecule has 2 rings (SSSR count). The fraction of sp³-hybridized carbons (Fsp3) is 0.731. The molecular weight excluding hydrogens is 372 g/mol. The molecule has 1 aliphatic rings. The standard InChI is InChI=1S/C26H44N2O2/c1-3-4-10-19-28(2)20-11-5-6-12-21-30-25-17-15-23(16-18-25)22-27-26(29)24-13-8-7-9-14-24/h7-9,13-14,23,25H,3-6,10-12,15-22H2,1-2H3,(H,27,29). The molecular formula is C26H44N2O2. The quantitative estimate of drug-likeness (QED) is 0.374. The molecule has 0 unspecified atom stereocenters. The van der Waals surface area contributed by atoms with E-state index in [2.05, 4.69) is 24.2 Å². The third-order valence-electron chi connectivity index (χ3n) is 6.31. The van der Waals surface area contributed by atoms with E-state index in [0.29, 0.717) is 12.0 Å². The maximum absolute atomic E-state index is 12.2. The lowest BCUT2D eigenvalue weighted by molar-refractivity contribution is 0.0162. The largest absolute Gasteiger partial charge is 0.378 e. The van der Waals surface area contributed by atoms with Crippen molar-refractivity contribution in [2.75, 3.05) is 33.3 Å². The Labute approximate surface area is 184 Å². The Hall–Kier alpha value is -1.39. The molecule has 0 heterocycles. The zero-order valence-electron chi connectivity index (χ0n) is 19.4. The fourth-order valence-electron chi connectivity index (χ4n) is 4.26. The molecule has 4 nitrogen and oxygen atoms in total. The molecule has 170 valence electrons. The zero-order valence-corrected chi connectivity index (χ0v) is 19.4. The van der Waals surface area contributed by atoms with Gasteiger partial charge in [0, 0.05) is 18.7 Å². The molecule has 1 aromatic carbocycles. The summed E-state index contributed by atoms with van der Waals surface area (Å²) in [7, 11) is 2.25. The summed E-state index contributed by atoms with van der Waals surface area (Å²) in [6.45, 7) is 6.44. The molecule has 1 fully saturated rings. The lowest BCUT2D eigenvalue weighted by Crippen LogP contribution is -2.32. The third-order valence-corrected chi connectivity index (χ3v) is 6.31. The minimum atomic E-state index is 0.0427. The van der Waals surface area contributed by atoms with Gasteiger partial charge in [0.15, 0.2) is 0 Å². The van der Waals surface area contributed by atoms with Gasteiger partial charge in [-0.05, 0) is 83.1 Å². The van der Waals surface area contributed by atoms with Crippen LogP contribution in [0.2, 0.25) is 0 Å². The molecule has 0 aromatic heterocycles. The van der Waals surface area contributed by atoms with Gasteiger partial charge in [0.25, 0.3) is 5.91 Å². The van der Waals surface area contributed by atoms with Crippen LogP contribution < -0.4 is 5.32 Å². The van der Waals surface area contributed by atoms with Crippen LogP contribution in [0.4, 0.5) is 0 Å². The van der Waals surface area contributed by atoms with Gasteiger partial charge < -0.3 is 15.0 Å². The summed E-state index contributed by atoms with van der Waals surface area (Å²) in [5.41, 5.74) is 0.748. The highest BCUT2D eigenvalue weighted by Crippen LogP contribution is 2.26. The normalized spacial score (nSPS) is 19.2. The van der Waals surface area contributed by atoms with Gasteiger partial charge in [-0.25, -0.2) is 0 Å². The van der Waals surface area contributed by atoms with E-state index in [4.69, 9.17) is 4.74 Å². The number of amides is 1. The SMILES string of the molecule is CCCCCN(C)CCCCCCOC1CCC(CNC(=O)c2ccccc2)CC1. The van der Waals surface area contributed by atoms with Crippen LogP contribution in [0.1, 0.15) is 87.9 Å². The van der Waals surface area contributed by atoms with E-state index < -0.39 is 0 Å². The Morgan fingerprint density at radius 2 is 1.63 bits per heavy atom. The van der Waals surface area contributed by atoms with Crippen molar-refractivity contribution in [3.8, 4) is 0 Å². The lowest BCUT2D eigenvalue weighted by Gasteiger charge is -2.28. The summed E-state index contributed by atoms with van der Waals surface area (Å²) in [6, 6.07) is 9.49. The lowest BCUT2D eigenvalue weighted by atomic mass is 9.87. The first kappa shape index (κ1) is 24.9. The number of ether oxygens (including phenoxy) is 1. The second kappa shape index (κ2) is 15.4. The first-order chi connectivity index (χ1) is 14.7. The predicted octanol–water partition coefficient (Wildman–Crippen LogP) is 5.67. The van der Waals surface area contributed by atoms with E-state index in [1.165, 1.54) is 58.0 Å². The minimum absolute atomic E-state index is 0.0427. The molecule has 1 aliphatic carbocycles. The van der Waals surface area contributed by atoms with Gasteiger partial charge >= 0.3 is 0 Å². The number of carbonyl (C=O) groups is 1. The van der Waals surface area contributed by atoms with E-state index in [0.717, 1.165) is 44.4 Å². The number of rotatable bonds is 15. The monoisotopic (exact) mass is 416 g/mol. The van der Waals surface area contributed by atoms with Crippen molar-refractivity contribution in [3.63, 3.8) is 0 Å². The number of benzene rings is 1. The van der Waals surface area contributed by atoms with Gasteiger partial charge in [-0.2, -0.15) is 0 Å². The van der Waals surface area contributed by atoms with E-state index in [-0.39, 0.29) is 5.91 Å². The first-order valence-corrected chi connectivity index (χ1v) is 12.3. The highest BCUT2D eigenvalue weighted by Gasteiger charge is 2.22. The Morgan fingerprint density at radius 1 is 0.967 bits per heavy atom. The summed E-state index contributed by atoms with van der Waals surface area (Å²) in [5, 5.41) is 3.09. The van der Waals surface area contributed by atoms with Crippen LogP contribution >= 0.6 is 0 Å². The topological polar surface area (TPSA) is 41.6 Å². The van der Waals surface area contributed by atoms with E-state index in [1.54, 1.807) is 0 Å². The van der Waals surface area contributed by atoms with Gasteiger partial charge in [0.05, 0.1) is 6.10 Å². The third kappa shape index (κ3) is 10.6. The molecule has 4 heteroatoms. The molecule has 0 atom stereocenters. The molecule has 1 aromatic rings. The smallest absolute Gasteiger partial charge is 0.251 e.